The van der Waals surface area contributed by atoms with Gasteiger partial charge in [0.25, 0.3) is 5.91 Å². The number of carbonyl (C=O) groups excluding carboxylic acids is 4. The van der Waals surface area contributed by atoms with Gasteiger partial charge < -0.3 is 44.9 Å². The number of hydrogen-bond acceptors (Lipinski definition) is 8. The number of aromatic nitrogens is 5. The van der Waals surface area contributed by atoms with E-state index in [1.807, 2.05) is 57.1 Å². The molecule has 17 heteroatoms. The van der Waals surface area contributed by atoms with Gasteiger partial charge in [-0.15, -0.1) is 23.2 Å². The van der Waals surface area contributed by atoms with Crippen LogP contribution in [0.15, 0.2) is 97.3 Å². The predicted molar refractivity (Wildman–Crippen MR) is 269 cm³/mol. The highest BCUT2D eigenvalue weighted by Gasteiger charge is 2.63. The van der Waals surface area contributed by atoms with Crippen LogP contribution in [0.2, 0.25) is 0 Å². The zero-order chi connectivity index (χ0) is 49.6. The largest absolute Gasteiger partial charge is 0.453 e. The van der Waals surface area contributed by atoms with E-state index in [-0.39, 0.29) is 41.1 Å². The van der Waals surface area contributed by atoms with Gasteiger partial charge in [-0.3, -0.25) is 9.59 Å². The Morgan fingerprint density at radius 2 is 1.19 bits per heavy atom. The average molecular weight is 989 g/mol. The molecule has 0 radical (unpaired) electrons. The molecule has 5 heterocycles. The summed E-state index contributed by atoms with van der Waals surface area (Å²) in [6, 6.07) is 28.0. The monoisotopic (exact) mass is 987 g/mol. The van der Waals surface area contributed by atoms with Crippen LogP contribution in [0.25, 0.3) is 50.7 Å². The Morgan fingerprint density at radius 1 is 0.714 bits per heavy atom. The summed E-state index contributed by atoms with van der Waals surface area (Å²) in [5.74, 6) is 0.570. The van der Waals surface area contributed by atoms with Crippen LogP contribution >= 0.6 is 23.2 Å². The molecule has 70 heavy (non-hydrogen) atoms. The molecular weight excluding hydrogens is 930 g/mol. The fourth-order valence-electron chi connectivity index (χ4n) is 10.1. The van der Waals surface area contributed by atoms with Crippen LogP contribution in [0.1, 0.15) is 96.0 Å². The van der Waals surface area contributed by atoms with Gasteiger partial charge in [0, 0.05) is 47.7 Å². The summed E-state index contributed by atoms with van der Waals surface area (Å²) in [6.45, 7) is 10.6. The number of carbonyl (C=O) groups is 4. The summed E-state index contributed by atoms with van der Waals surface area (Å²) in [7, 11) is 1.29. The van der Waals surface area contributed by atoms with Gasteiger partial charge in [0.1, 0.15) is 22.0 Å². The number of amides is 4. The summed E-state index contributed by atoms with van der Waals surface area (Å²) in [4.78, 5) is 71.2. The van der Waals surface area contributed by atoms with Crippen LogP contribution in [-0.2, 0) is 24.5 Å². The molecule has 0 spiro atoms. The molecule has 5 atom stereocenters. The molecular formula is C53H59Cl2N9O6. The number of methoxy groups -OCH3 is 1. The van der Waals surface area contributed by atoms with E-state index in [0.717, 1.165) is 82.0 Å². The summed E-state index contributed by atoms with van der Waals surface area (Å²) < 4.78 is 11.5. The number of nitrogens with two attached hydrogens (primary N) is 1. The maximum Gasteiger partial charge on any atom is 0.407 e. The molecule has 3 fully saturated rings. The van der Waals surface area contributed by atoms with Crippen molar-refractivity contribution in [2.75, 3.05) is 20.2 Å². The van der Waals surface area contributed by atoms with Crippen LogP contribution in [0, 0.1) is 11.8 Å². The molecule has 1 unspecified atom stereocenters. The first-order valence-corrected chi connectivity index (χ1v) is 24.7. The number of benzene rings is 3. The van der Waals surface area contributed by atoms with Gasteiger partial charge in [-0.2, -0.15) is 0 Å². The summed E-state index contributed by atoms with van der Waals surface area (Å²) in [6.07, 6.45) is 4.94. The van der Waals surface area contributed by atoms with E-state index in [4.69, 9.17) is 48.4 Å². The Kier molecular flexibility index (Phi) is 13.4. The molecule has 1 saturated carbocycles. The van der Waals surface area contributed by atoms with Gasteiger partial charge >= 0.3 is 12.2 Å². The number of halogens is 2. The van der Waals surface area contributed by atoms with Crippen molar-refractivity contribution in [3.05, 3.63) is 115 Å². The number of alkyl halides is 2. The Hall–Kier alpha value is -6.58. The number of alkyl carbamates (subject to hydrolysis) is 1. The number of aromatic amines is 2. The molecule has 5 N–H and O–H groups in total. The molecule has 4 amide bonds. The number of rotatable bonds is 14. The number of likely N-dealkylation sites (tertiary alicyclic amines) is 2. The molecule has 3 aromatic carbocycles. The highest BCUT2D eigenvalue weighted by atomic mass is 35.5. The SMILES string of the molecule is COC(=O)N[C@H](C(=O)N1CCC[C@H]1c1nc(-c2ccc(-c3ccc(-c4ccc(-c5c[nH]c([C@@H]6CCCN6C(=O)[C@@H](OC(N)=O)C(C)C)n5)cc4)n3-c3ccc(C4(C)CC4(Cl)Cl)cc3)cc2)c[nH]1)C(C)C. The lowest BCUT2D eigenvalue weighted by molar-refractivity contribution is -0.143. The van der Waals surface area contributed by atoms with Crippen molar-refractivity contribution in [3.8, 4) is 50.7 Å². The van der Waals surface area contributed by atoms with Gasteiger partial charge in [0.15, 0.2) is 6.10 Å². The topological polar surface area (TPSA) is 194 Å². The highest BCUT2D eigenvalue weighted by Crippen LogP contribution is 2.64. The smallest absolute Gasteiger partial charge is 0.407 e. The van der Waals surface area contributed by atoms with E-state index in [1.165, 1.54) is 7.11 Å². The first kappa shape index (κ1) is 48.4. The quantitative estimate of drug-likeness (QED) is 0.0774. The Morgan fingerprint density at radius 3 is 1.61 bits per heavy atom. The highest BCUT2D eigenvalue weighted by molar-refractivity contribution is 6.52. The summed E-state index contributed by atoms with van der Waals surface area (Å²) in [5.41, 5.74) is 14.3. The third-order valence-corrected chi connectivity index (χ3v) is 15.3. The average Bonchev–Trinajstić information content (AvgIpc) is 4.15. The Balaban J connectivity index is 0.977. The molecule has 366 valence electrons. The van der Waals surface area contributed by atoms with Crippen molar-refractivity contribution >= 4 is 47.2 Å². The van der Waals surface area contributed by atoms with Gasteiger partial charge in [0.05, 0.1) is 42.0 Å². The van der Waals surface area contributed by atoms with E-state index in [2.05, 4.69) is 99.6 Å². The van der Waals surface area contributed by atoms with Crippen molar-refractivity contribution in [2.45, 2.75) is 101 Å². The maximum atomic E-state index is 13.8. The zero-order valence-corrected chi connectivity index (χ0v) is 41.7. The first-order chi connectivity index (χ1) is 33.5. The molecule has 9 rings (SSSR count). The fraction of sp³-hybridized carbons (Fsp3) is 0.396. The summed E-state index contributed by atoms with van der Waals surface area (Å²) in [5, 5.41) is 2.71. The molecule has 3 aromatic heterocycles. The van der Waals surface area contributed by atoms with Gasteiger partial charge in [-0.1, -0.05) is 95.3 Å². The van der Waals surface area contributed by atoms with Crippen LogP contribution in [0.4, 0.5) is 9.59 Å². The van der Waals surface area contributed by atoms with E-state index in [0.29, 0.717) is 31.2 Å². The number of nitrogens with one attached hydrogen (secondary N) is 3. The van der Waals surface area contributed by atoms with E-state index in [9.17, 15) is 19.2 Å². The Bertz CT molecular complexity index is 2890. The fourth-order valence-corrected chi connectivity index (χ4v) is 10.8. The molecule has 2 saturated heterocycles. The van der Waals surface area contributed by atoms with Crippen molar-refractivity contribution in [1.29, 1.82) is 0 Å². The van der Waals surface area contributed by atoms with Crippen LogP contribution in [-0.4, -0.2) is 95.0 Å². The van der Waals surface area contributed by atoms with Crippen molar-refractivity contribution in [3.63, 3.8) is 0 Å². The molecule has 3 aliphatic rings. The van der Waals surface area contributed by atoms with Crippen molar-refractivity contribution in [1.82, 2.24) is 39.6 Å². The summed E-state index contributed by atoms with van der Waals surface area (Å²) >= 11 is 13.2. The second kappa shape index (κ2) is 19.3. The van der Waals surface area contributed by atoms with E-state index >= 15 is 0 Å². The zero-order valence-electron chi connectivity index (χ0n) is 40.2. The predicted octanol–water partition coefficient (Wildman–Crippen LogP) is 10.3. The first-order valence-electron chi connectivity index (χ1n) is 23.9. The number of nitrogens with zero attached hydrogens (tertiary/aromatic N) is 5. The lowest BCUT2D eigenvalue weighted by Crippen LogP contribution is -2.51. The molecule has 1 aliphatic carbocycles. The standard InChI is InChI=1S/C53H59Cl2N9O6/c1-30(2)44(61-51(68)69-6)48(65)62-25-7-9-42(62)46-57-27-38(59-46)32-11-15-34(16-12-32)40-23-24-41(64(40)37-21-19-36(20-22-37)52(5)29-53(52,54)55)35-17-13-33(14-18-35)39-28-58-47(60-39)43-10-8-26-63(43)49(66)45(31(3)4)70-50(56)67/h11-24,27-28,30-31,42-45H,7-10,25-26,29H2,1-6H3,(H2,56,67)(H,57,59)(H,58,60)(H,61,68)/t42-,43-,44-,45-,52?/m0/s1. The van der Waals surface area contributed by atoms with Gasteiger partial charge in [-0.05, 0) is 84.9 Å². The third-order valence-electron chi connectivity index (χ3n) is 14.2. The van der Waals surface area contributed by atoms with E-state index in [1.54, 1.807) is 4.90 Å². The number of ether oxygens (including phenoxy) is 2. The van der Waals surface area contributed by atoms with Crippen LogP contribution in [0.5, 0.6) is 0 Å². The van der Waals surface area contributed by atoms with Gasteiger partial charge in [-0.25, -0.2) is 19.6 Å². The second-order valence-corrected chi connectivity index (χ2v) is 21.0. The lowest BCUT2D eigenvalue weighted by atomic mass is 9.98. The number of imidazole rings is 2. The van der Waals surface area contributed by atoms with Crippen molar-refractivity contribution in [2.24, 2.45) is 17.6 Å². The number of H-pyrrole nitrogens is 2. The third kappa shape index (κ3) is 9.28. The van der Waals surface area contributed by atoms with Crippen LogP contribution in [0.3, 0.4) is 0 Å². The Labute approximate surface area is 417 Å². The minimum absolute atomic E-state index is 0.130. The van der Waals surface area contributed by atoms with Crippen LogP contribution < -0.4 is 11.1 Å². The number of hydrogen-bond donors (Lipinski definition) is 4. The molecule has 6 aromatic rings. The molecule has 15 nitrogen and oxygen atoms in total. The normalized spacial score (nSPS) is 20.4. The molecule has 0 bridgehead atoms. The minimum atomic E-state index is -0.973. The minimum Gasteiger partial charge on any atom is -0.453 e. The number of primary amides is 1. The lowest BCUT2D eigenvalue weighted by Gasteiger charge is -2.29. The van der Waals surface area contributed by atoms with E-state index < -0.39 is 28.7 Å². The maximum absolute atomic E-state index is 13.8. The molecule has 2 aliphatic heterocycles. The second-order valence-electron chi connectivity index (χ2n) is 19.5. The van der Waals surface area contributed by atoms with Gasteiger partial charge in [0.2, 0.25) is 5.91 Å². The van der Waals surface area contributed by atoms with Crippen molar-refractivity contribution < 1.29 is 28.7 Å².